The van der Waals surface area contributed by atoms with Crippen LogP contribution in [0.4, 0.5) is 0 Å². The maximum atomic E-state index is 12.6. The summed E-state index contributed by atoms with van der Waals surface area (Å²) in [5, 5.41) is 127. The Kier molecular flexibility index (Phi) is 30.0. The molecule has 8 saturated heterocycles. The molecule has 13 unspecified atom stereocenters. The molecule has 23 aliphatic rings. The summed E-state index contributed by atoms with van der Waals surface area (Å²) in [6.07, 6.45) is 17.9. The molecule has 11 N–H and O–H groups in total. The summed E-state index contributed by atoms with van der Waals surface area (Å²) in [5.74, 6) is 2.50. The maximum absolute atomic E-state index is 12.6. The number of aliphatic hydroxyl groups is 11. The highest BCUT2D eigenvalue weighted by atomic mass is 16.8. The third kappa shape index (κ3) is 18.8. The van der Waals surface area contributed by atoms with Crippen LogP contribution in [-0.2, 0) is 90.2 Å². The number of ether oxygens (including phenoxy) is 16. The van der Waals surface area contributed by atoms with Crippen LogP contribution in [0.3, 0.4) is 0 Å². The van der Waals surface area contributed by atoms with Gasteiger partial charge in [0.25, 0.3) is 0 Å². The fourth-order valence-corrected chi connectivity index (χ4v) is 37.1. The number of benzene rings is 1. The van der Waals surface area contributed by atoms with Crippen LogP contribution in [0.5, 0.6) is 0 Å². The molecule has 8 heterocycles. The third-order valence-corrected chi connectivity index (χ3v) is 45.4. The molecule has 148 heavy (non-hydrogen) atoms. The van der Waals surface area contributed by atoms with Crippen molar-refractivity contribution in [3.63, 3.8) is 0 Å². The molecule has 0 spiro atoms. The van der Waals surface area contributed by atoms with Crippen LogP contribution < -0.4 is 0 Å². The maximum Gasteiger partial charge on any atom is 0.184 e. The SMILES string of the molecule is CC1O[C@@H](OC2C(C)O[C@@H](O[C@H]3CC[C@@]4(C)[C@H](CC[C@@H]5[C@@H]4C[C@@H](O)[C@]4(C)[C@@H](C6=CC(=O)CC6)CC[C@]54O)C3)C[C@H]2O)C[C@@H](O)C1O.CC1O[C@@H](O[C@H]2CC[C@@]3(C)[C@H](CC[C@@H]4[C@@H]3C[C@@H](O)[C@]3(C)[C@@H](C5=CC(=O)CC5)CC[C@]43O)C2)C[C@@H](O)C1O[C@H]1C[C@H]2OC(C)(C)OC2C(C)O1.CC1O[C@@H](O[C@H]2CC[C@@]3(C)[C@H](CC[C@@H]4[C@@H]3C[C@@H](O)[C@]3(C)[C@@H](C5=CC(=O)CC5)CC[C@]43O)C2)C[C@@H](O)C1O[C@H]1C[C@H]2OC(c3ccccc3)OC2C(C)O1. The minimum Gasteiger partial charge on any atom is -0.392 e. The van der Waals surface area contributed by atoms with Gasteiger partial charge in [-0.2, -0.15) is 0 Å². The average Bonchev–Trinajstić information content (AvgIpc) is 1.63. The summed E-state index contributed by atoms with van der Waals surface area (Å²) in [7, 11) is 0. The van der Waals surface area contributed by atoms with Crippen molar-refractivity contribution in [2.75, 3.05) is 0 Å². The van der Waals surface area contributed by atoms with Crippen LogP contribution in [0.15, 0.2) is 65.3 Å². The highest BCUT2D eigenvalue weighted by Crippen LogP contribution is 2.75. The Balaban J connectivity index is 0.000000126. The first-order valence-electron chi connectivity index (χ1n) is 58.1. The monoisotopic (exact) mass is 2070 g/mol. The number of allylic oxidation sites excluding steroid dienone is 6. The highest BCUT2D eigenvalue weighted by molar-refractivity contribution is 5.94. The van der Waals surface area contributed by atoms with Gasteiger partial charge in [-0.3, -0.25) is 14.4 Å². The van der Waals surface area contributed by atoms with Gasteiger partial charge in [0.2, 0.25) is 0 Å². The molecule has 828 valence electrons. The Labute approximate surface area is 874 Å². The lowest BCUT2D eigenvalue weighted by atomic mass is 9.42. The van der Waals surface area contributed by atoms with E-state index >= 15 is 0 Å². The van der Waals surface area contributed by atoms with Crippen molar-refractivity contribution in [2.24, 2.45) is 104 Å². The Morgan fingerprint density at radius 3 is 0.986 bits per heavy atom. The zero-order chi connectivity index (χ0) is 104. The van der Waals surface area contributed by atoms with E-state index in [1.165, 1.54) is 0 Å². The normalized spacial score (nSPS) is 54.4. The molecule has 8 aliphatic heterocycles. The topological polar surface area (TPSA) is 421 Å². The smallest absolute Gasteiger partial charge is 0.184 e. The van der Waals surface area contributed by atoms with Crippen LogP contribution in [-0.4, -0.2) is 280 Å². The van der Waals surface area contributed by atoms with Gasteiger partial charge in [0, 0.05) is 79.6 Å². The quantitative estimate of drug-likeness (QED) is 0.0685. The van der Waals surface area contributed by atoms with Crippen molar-refractivity contribution < 1.29 is 146 Å². The highest BCUT2D eigenvalue weighted by Gasteiger charge is 2.76. The zero-order valence-electron chi connectivity index (χ0n) is 90.1. The summed E-state index contributed by atoms with van der Waals surface area (Å²) >= 11 is 0. The van der Waals surface area contributed by atoms with E-state index in [-0.39, 0.29) is 161 Å². The predicted molar refractivity (Wildman–Crippen MR) is 537 cm³/mol. The second-order valence-corrected chi connectivity index (χ2v) is 53.0. The molecule has 30 nitrogen and oxygen atoms in total. The fraction of sp³-hybridized carbons (Fsp3) is 0.873. The van der Waals surface area contributed by atoms with Gasteiger partial charge in [-0.15, -0.1) is 0 Å². The molecule has 1 aromatic rings. The van der Waals surface area contributed by atoms with Gasteiger partial charge >= 0.3 is 0 Å². The van der Waals surface area contributed by atoms with E-state index in [1.54, 1.807) is 13.0 Å². The summed E-state index contributed by atoms with van der Waals surface area (Å²) < 4.78 is 100. The van der Waals surface area contributed by atoms with Crippen LogP contribution in [0, 0.1) is 104 Å². The largest absolute Gasteiger partial charge is 0.392 e. The van der Waals surface area contributed by atoms with E-state index in [0.29, 0.717) is 101 Å². The minimum atomic E-state index is -0.967. The molecule has 12 saturated carbocycles. The predicted octanol–water partition coefficient (Wildman–Crippen LogP) is 14.0. The second-order valence-electron chi connectivity index (χ2n) is 53.0. The van der Waals surface area contributed by atoms with E-state index in [4.69, 9.17) is 75.8 Å². The molecular weight excluding hydrogens is 1900 g/mol. The first-order chi connectivity index (χ1) is 70.2. The van der Waals surface area contributed by atoms with Crippen molar-refractivity contribution in [1.82, 2.24) is 0 Å². The van der Waals surface area contributed by atoms with Crippen LogP contribution >= 0.6 is 0 Å². The Morgan fingerprint density at radius 2 is 0.635 bits per heavy atom. The standard InChI is InChI=1S/C43H60O10.C39H60O10.C36H56O10/c1-23-38(52-37-22-34-39(24(2)49-37)53-40(51-34)25-8-6-5-7-9-25)33(45)21-36(48-23)50-29-14-16-41(3)27(19-29)11-13-31-32(41)20-35(46)42(4)30(15-17-43(31,42)47)26-10-12-28(44)18-26;1-20-34(47-33-19-30-35(21(2)45-33)49-36(3,4)48-30)29(41)18-32(44-20)46-25-11-13-37(5)23(16-25)8-10-27-28(37)17-31(42)38(6)26(12-14-39(27,38)43)22-7-9-24(40)15-22;1-18-32(41)27(38)16-31(43-18)46-33-19(2)44-30(17-28(33)39)45-23-9-11-34(3)21(14-23)6-8-25-26(34)15-29(40)35(4)24(10-12-36(25,35)42)20-5-7-22(37)13-20/h5-9,18,23-24,27,29-40,45-47H,10-17,19-22H2,1-4H3;15,20-21,23,25-35,41-43H,7-14,16-19H2,1-6H3;13,18-19,21,23-33,38-42H,5-12,14-17H2,1-4H3/t23?,24?,27-,29+,30-,31-,32+,33-,34-,35-,36+,37+,38?,39?,40?,41+,42+,43+;20?,21?,23-,25+,26-,27-,28+,29-,30-,31-,32+,33+,34?,35?,37+,38+,39+;18?,19?,21-,23+,24-,25-,26+,27-,28-,29-,30+,31+,32?,33?,34+,35+,36+/m111/s1. The van der Waals surface area contributed by atoms with E-state index in [1.807, 2.05) is 91.0 Å². The molecule has 0 bridgehead atoms. The number of carbonyl (C=O) groups excluding carboxylic acids is 3. The van der Waals surface area contributed by atoms with E-state index in [9.17, 15) is 70.6 Å². The lowest BCUT2D eigenvalue weighted by Crippen LogP contribution is -2.67. The van der Waals surface area contributed by atoms with Crippen LogP contribution in [0.1, 0.15) is 340 Å². The van der Waals surface area contributed by atoms with Gasteiger partial charge in [0.15, 0.2) is 67.2 Å². The van der Waals surface area contributed by atoms with E-state index < -0.39 is 168 Å². The molecule has 30 heteroatoms. The van der Waals surface area contributed by atoms with Gasteiger partial charge in [0.1, 0.15) is 36.6 Å². The number of carbonyl (C=O) groups is 3. The zero-order valence-corrected chi connectivity index (χ0v) is 90.1. The summed E-state index contributed by atoms with van der Waals surface area (Å²) in [4.78, 5) is 36.4. The Bertz CT molecular complexity index is 4970. The van der Waals surface area contributed by atoms with Crippen molar-refractivity contribution >= 4 is 17.3 Å². The molecular formula is C118H176O30. The number of ketones is 3. The van der Waals surface area contributed by atoms with E-state index in [0.717, 1.165) is 157 Å². The number of hydrogen-bond acceptors (Lipinski definition) is 30. The number of hydrogen-bond donors (Lipinski definition) is 11. The third-order valence-electron chi connectivity index (χ3n) is 45.4. The van der Waals surface area contributed by atoms with E-state index in [2.05, 4.69) is 41.5 Å². The first kappa shape index (κ1) is 109. The summed E-state index contributed by atoms with van der Waals surface area (Å²) in [6, 6.07) is 9.93. The minimum absolute atomic E-state index is 0.000207. The molecule has 20 fully saturated rings. The summed E-state index contributed by atoms with van der Waals surface area (Å²) in [5.41, 5.74) is -0.248. The molecule has 52 atom stereocenters. The Hall–Kier alpha value is -3.63. The van der Waals surface area contributed by atoms with Crippen LogP contribution in [0.25, 0.3) is 0 Å². The molecule has 24 rings (SSSR count). The van der Waals surface area contributed by atoms with Gasteiger partial charge in [-0.05, 0) is 334 Å². The molecule has 0 amide bonds. The van der Waals surface area contributed by atoms with Crippen molar-refractivity contribution in [1.29, 1.82) is 0 Å². The molecule has 0 radical (unpaired) electrons. The molecule has 15 aliphatic carbocycles. The van der Waals surface area contributed by atoms with Gasteiger partial charge in [-0.25, -0.2) is 0 Å². The fourth-order valence-electron chi connectivity index (χ4n) is 37.1. The number of aliphatic hydroxyl groups excluding tert-OH is 8. The first-order valence-corrected chi connectivity index (χ1v) is 58.1. The molecule has 1 aromatic carbocycles. The Morgan fingerprint density at radius 1 is 0.304 bits per heavy atom. The number of fused-ring (bicyclic) bond motifs is 17. The molecule has 0 aromatic heterocycles. The van der Waals surface area contributed by atoms with Gasteiger partial charge in [0.05, 0.1) is 127 Å². The van der Waals surface area contributed by atoms with Gasteiger partial charge < -0.3 is 132 Å². The van der Waals surface area contributed by atoms with Crippen molar-refractivity contribution in [3.8, 4) is 0 Å². The van der Waals surface area contributed by atoms with Gasteiger partial charge in [-0.1, -0.05) is 88.6 Å². The average molecular weight is 2070 g/mol. The van der Waals surface area contributed by atoms with Crippen LogP contribution in [0.2, 0.25) is 0 Å². The lowest BCUT2D eigenvalue weighted by molar-refractivity contribution is -0.318. The van der Waals surface area contributed by atoms with Crippen molar-refractivity contribution in [2.45, 2.75) is 541 Å². The second kappa shape index (κ2) is 41.0. The lowest BCUT2D eigenvalue weighted by Gasteiger charge is -2.65. The summed E-state index contributed by atoms with van der Waals surface area (Å²) in [6.45, 7) is 28.7. The number of rotatable bonds is 16. The van der Waals surface area contributed by atoms with Crippen molar-refractivity contribution in [3.05, 3.63) is 70.8 Å².